The maximum atomic E-state index is 12.6. The number of likely N-dealkylation sites (N-methyl/N-ethyl adjacent to an activating group) is 1. The van der Waals surface area contributed by atoms with Crippen LogP contribution in [0.15, 0.2) is 22.8 Å². The lowest BCUT2D eigenvalue weighted by Gasteiger charge is -2.32. The number of amides is 2. The number of likely N-dealkylation sites (tertiary alicyclic amines) is 1. The zero-order chi connectivity index (χ0) is 20.4. The number of carboxylic acid groups (broad SMARTS) is 1. The molecule has 1 unspecified atom stereocenters. The van der Waals surface area contributed by atoms with Gasteiger partial charge in [-0.25, -0.2) is 0 Å². The number of hydrogen-bond acceptors (Lipinski definition) is 4. The molecule has 0 radical (unpaired) electrons. The van der Waals surface area contributed by atoms with Crippen molar-refractivity contribution in [1.29, 1.82) is 0 Å². The summed E-state index contributed by atoms with van der Waals surface area (Å²) >= 11 is 0. The third-order valence-corrected chi connectivity index (χ3v) is 5.53. The van der Waals surface area contributed by atoms with Gasteiger partial charge in [0.1, 0.15) is 5.58 Å². The van der Waals surface area contributed by atoms with Crippen molar-refractivity contribution in [2.75, 3.05) is 26.7 Å². The molecule has 1 saturated heterocycles. The number of carbonyl (C=O) groups is 3. The summed E-state index contributed by atoms with van der Waals surface area (Å²) in [5.74, 6) is -1.80. The third-order valence-electron chi connectivity index (χ3n) is 5.53. The molecule has 1 aromatic carbocycles. The van der Waals surface area contributed by atoms with Crippen molar-refractivity contribution in [3.05, 3.63) is 35.1 Å². The maximum Gasteiger partial charge on any atom is 0.308 e. The van der Waals surface area contributed by atoms with E-state index in [1.165, 1.54) is 4.90 Å². The molecule has 2 aromatic rings. The normalized spacial score (nSPS) is 17.0. The lowest BCUT2D eigenvalue weighted by Crippen LogP contribution is -2.47. The van der Waals surface area contributed by atoms with E-state index in [-0.39, 0.29) is 31.3 Å². The number of aliphatic carboxylic acids is 1. The number of carbonyl (C=O) groups excluding carboxylic acids is 2. The molecule has 1 aliphatic heterocycles. The Morgan fingerprint density at radius 1 is 1.25 bits per heavy atom. The first-order chi connectivity index (χ1) is 13.3. The van der Waals surface area contributed by atoms with Gasteiger partial charge < -0.3 is 19.3 Å². The second kappa shape index (κ2) is 8.04. The Labute approximate surface area is 163 Å². The Morgan fingerprint density at radius 3 is 2.68 bits per heavy atom. The number of furan rings is 1. The number of piperidine rings is 1. The zero-order valence-electron chi connectivity index (χ0n) is 16.5. The second-order valence-electron chi connectivity index (χ2n) is 7.64. The van der Waals surface area contributed by atoms with Crippen LogP contribution < -0.4 is 0 Å². The molecule has 7 nitrogen and oxygen atoms in total. The number of carboxylic acids is 1. The summed E-state index contributed by atoms with van der Waals surface area (Å²) in [6.07, 6.45) is 3.00. The van der Waals surface area contributed by atoms with Crippen molar-refractivity contribution in [3.8, 4) is 0 Å². The van der Waals surface area contributed by atoms with Crippen LogP contribution >= 0.6 is 0 Å². The minimum atomic E-state index is -0.876. The summed E-state index contributed by atoms with van der Waals surface area (Å²) in [7, 11) is 1.59. The smallest absolute Gasteiger partial charge is 0.308 e. The summed E-state index contributed by atoms with van der Waals surface area (Å²) in [5, 5.41) is 10.1. The van der Waals surface area contributed by atoms with Gasteiger partial charge in [0, 0.05) is 31.1 Å². The van der Waals surface area contributed by atoms with E-state index in [1.54, 1.807) is 18.2 Å². The zero-order valence-corrected chi connectivity index (χ0v) is 16.5. The van der Waals surface area contributed by atoms with Crippen LogP contribution in [0.2, 0.25) is 0 Å². The van der Waals surface area contributed by atoms with Gasteiger partial charge >= 0.3 is 5.97 Å². The standard InChI is InChI=1S/C21H26N2O5/c1-13-7-17-16(12-28-18(17)8-14(13)2)9-19(24)22(3)11-20(25)23-6-4-5-15(10-23)21(26)27/h7-8,12,15H,4-6,9-11H2,1-3H3,(H,26,27). The Bertz CT molecular complexity index is 917. The highest BCUT2D eigenvalue weighted by Gasteiger charge is 2.29. The summed E-state index contributed by atoms with van der Waals surface area (Å²) < 4.78 is 5.57. The van der Waals surface area contributed by atoms with Crippen LogP contribution in [-0.2, 0) is 20.8 Å². The molecule has 3 rings (SSSR count). The van der Waals surface area contributed by atoms with Gasteiger partial charge in [0.25, 0.3) is 0 Å². The maximum absolute atomic E-state index is 12.6. The topological polar surface area (TPSA) is 91.1 Å². The minimum Gasteiger partial charge on any atom is -0.481 e. The fourth-order valence-corrected chi connectivity index (χ4v) is 3.57. The molecule has 1 aromatic heterocycles. The highest BCUT2D eigenvalue weighted by molar-refractivity contribution is 5.90. The molecule has 1 N–H and O–H groups in total. The number of rotatable bonds is 5. The van der Waals surface area contributed by atoms with Crippen LogP contribution in [0.3, 0.4) is 0 Å². The molecule has 0 bridgehead atoms. The van der Waals surface area contributed by atoms with Crippen LogP contribution in [-0.4, -0.2) is 59.4 Å². The van der Waals surface area contributed by atoms with Crippen molar-refractivity contribution in [3.63, 3.8) is 0 Å². The van der Waals surface area contributed by atoms with Gasteiger partial charge in [0.2, 0.25) is 11.8 Å². The van der Waals surface area contributed by atoms with Crippen LogP contribution in [0.4, 0.5) is 0 Å². The Kier molecular flexibility index (Phi) is 5.72. The first-order valence-corrected chi connectivity index (χ1v) is 9.48. The van der Waals surface area contributed by atoms with E-state index >= 15 is 0 Å². The molecule has 0 aliphatic carbocycles. The van der Waals surface area contributed by atoms with Crippen molar-refractivity contribution in [2.24, 2.45) is 5.92 Å². The molecule has 1 atom stereocenters. The molecule has 2 heterocycles. The average molecular weight is 386 g/mol. The largest absolute Gasteiger partial charge is 0.481 e. The molecular formula is C21H26N2O5. The SMILES string of the molecule is Cc1cc2occ(CC(=O)N(C)CC(=O)N3CCCC(C(=O)O)C3)c2cc1C. The molecule has 1 fully saturated rings. The van der Waals surface area contributed by atoms with E-state index in [0.29, 0.717) is 19.4 Å². The monoisotopic (exact) mass is 386 g/mol. The molecule has 7 heteroatoms. The number of hydrogen-bond donors (Lipinski definition) is 1. The van der Waals surface area contributed by atoms with E-state index in [1.807, 2.05) is 26.0 Å². The predicted octanol–water partition coefficient (Wildman–Crippen LogP) is 2.37. The number of nitrogens with zero attached hydrogens (tertiary/aromatic N) is 2. The van der Waals surface area contributed by atoms with Gasteiger partial charge in [-0.05, 0) is 49.9 Å². The quantitative estimate of drug-likeness (QED) is 0.852. The minimum absolute atomic E-state index is 0.0565. The summed E-state index contributed by atoms with van der Waals surface area (Å²) in [6.45, 7) is 4.72. The van der Waals surface area contributed by atoms with Crippen LogP contribution in [0.1, 0.15) is 29.5 Å². The van der Waals surface area contributed by atoms with Gasteiger partial charge in [0.15, 0.2) is 0 Å². The van der Waals surface area contributed by atoms with Crippen molar-refractivity contribution in [2.45, 2.75) is 33.1 Å². The Morgan fingerprint density at radius 2 is 1.96 bits per heavy atom. The van der Waals surface area contributed by atoms with Gasteiger partial charge in [-0.2, -0.15) is 0 Å². The molecule has 2 amide bonds. The summed E-state index contributed by atoms with van der Waals surface area (Å²) in [5.41, 5.74) is 3.80. The first-order valence-electron chi connectivity index (χ1n) is 9.48. The van der Waals surface area contributed by atoms with Crippen LogP contribution in [0.5, 0.6) is 0 Å². The van der Waals surface area contributed by atoms with Gasteiger partial charge in [0.05, 0.1) is 25.1 Å². The Hall–Kier alpha value is -2.83. The van der Waals surface area contributed by atoms with Gasteiger partial charge in [-0.15, -0.1) is 0 Å². The van der Waals surface area contributed by atoms with Crippen molar-refractivity contribution < 1.29 is 23.9 Å². The van der Waals surface area contributed by atoms with Gasteiger partial charge in [-0.3, -0.25) is 14.4 Å². The van der Waals surface area contributed by atoms with E-state index in [0.717, 1.165) is 27.7 Å². The molecule has 0 saturated carbocycles. The third kappa shape index (κ3) is 4.18. The fraction of sp³-hybridized carbons (Fsp3) is 0.476. The fourth-order valence-electron chi connectivity index (χ4n) is 3.57. The molecule has 1 aliphatic rings. The predicted molar refractivity (Wildman–Crippen MR) is 104 cm³/mol. The van der Waals surface area contributed by atoms with Crippen molar-refractivity contribution >= 4 is 28.8 Å². The van der Waals surface area contributed by atoms with Crippen LogP contribution in [0, 0.1) is 19.8 Å². The lowest BCUT2D eigenvalue weighted by atomic mass is 9.98. The van der Waals surface area contributed by atoms with E-state index in [9.17, 15) is 14.4 Å². The Balaban J connectivity index is 1.62. The van der Waals surface area contributed by atoms with Crippen molar-refractivity contribution in [1.82, 2.24) is 9.80 Å². The summed E-state index contributed by atoms with van der Waals surface area (Å²) in [6, 6.07) is 3.98. The number of fused-ring (bicyclic) bond motifs is 1. The molecular weight excluding hydrogens is 360 g/mol. The highest BCUT2D eigenvalue weighted by Crippen LogP contribution is 2.25. The molecule has 0 spiro atoms. The number of aryl methyl sites for hydroxylation is 2. The first kappa shape index (κ1) is 19.9. The second-order valence-corrected chi connectivity index (χ2v) is 7.64. The van der Waals surface area contributed by atoms with Crippen LogP contribution in [0.25, 0.3) is 11.0 Å². The van der Waals surface area contributed by atoms with E-state index in [4.69, 9.17) is 9.52 Å². The lowest BCUT2D eigenvalue weighted by molar-refractivity contribution is -0.147. The molecule has 150 valence electrons. The van der Waals surface area contributed by atoms with E-state index in [2.05, 4.69) is 0 Å². The van der Waals surface area contributed by atoms with Gasteiger partial charge in [-0.1, -0.05) is 0 Å². The highest BCUT2D eigenvalue weighted by atomic mass is 16.4. The molecule has 28 heavy (non-hydrogen) atoms. The van der Waals surface area contributed by atoms with E-state index < -0.39 is 11.9 Å². The average Bonchev–Trinajstić information content (AvgIpc) is 3.03. The summed E-state index contributed by atoms with van der Waals surface area (Å²) in [4.78, 5) is 39.2. The number of benzene rings is 1.